The third kappa shape index (κ3) is 6.83. The predicted octanol–water partition coefficient (Wildman–Crippen LogP) is 3.35. The van der Waals surface area contributed by atoms with E-state index in [4.69, 9.17) is 27.2 Å². The van der Waals surface area contributed by atoms with E-state index in [1.165, 1.54) is 25.2 Å². The summed E-state index contributed by atoms with van der Waals surface area (Å²) in [7, 11) is 1.31. The lowest BCUT2D eigenvalue weighted by Gasteiger charge is -2.34. The van der Waals surface area contributed by atoms with Crippen molar-refractivity contribution in [2.24, 2.45) is 24.6 Å². The molecule has 4 aliphatic rings. The van der Waals surface area contributed by atoms with Crippen molar-refractivity contribution in [3.8, 4) is 11.3 Å². The van der Waals surface area contributed by atoms with E-state index in [0.717, 1.165) is 29.8 Å². The number of halogens is 6. The first-order valence-electron chi connectivity index (χ1n) is 15.4. The van der Waals surface area contributed by atoms with Gasteiger partial charge in [0.1, 0.15) is 6.04 Å². The van der Waals surface area contributed by atoms with E-state index in [0.29, 0.717) is 17.8 Å². The second kappa shape index (κ2) is 12.8. The Balaban J connectivity index is 0.00000139. The predicted molar refractivity (Wildman–Crippen MR) is 165 cm³/mol. The lowest BCUT2D eigenvalue weighted by Crippen LogP contribution is -2.54. The van der Waals surface area contributed by atoms with E-state index in [2.05, 4.69) is 26.0 Å². The van der Waals surface area contributed by atoms with E-state index in [9.17, 15) is 36.3 Å². The number of carbonyl (C=O) groups excluding carboxylic acids is 3. The minimum absolute atomic E-state index is 0.0467. The molecule has 1 saturated heterocycles. The van der Waals surface area contributed by atoms with Crippen molar-refractivity contribution in [1.29, 1.82) is 0 Å². The molecule has 1 aromatic carbocycles. The summed E-state index contributed by atoms with van der Waals surface area (Å²) in [5, 5.41) is 18.8. The van der Waals surface area contributed by atoms with Gasteiger partial charge in [-0.25, -0.2) is 18.6 Å². The number of alkyl halides is 5. The van der Waals surface area contributed by atoms with Crippen LogP contribution in [0, 0.1) is 11.8 Å². The number of urea groups is 1. The van der Waals surface area contributed by atoms with Gasteiger partial charge in [0.25, 0.3) is 24.2 Å². The molecule has 14 nitrogen and oxygen atoms in total. The number of piperidine rings is 1. The molecule has 268 valence electrons. The minimum Gasteiger partial charge on any atom is -0.483 e. The van der Waals surface area contributed by atoms with E-state index in [-0.39, 0.29) is 70.3 Å². The Labute approximate surface area is 285 Å². The average molecular weight is 728 g/mol. The lowest BCUT2D eigenvalue weighted by molar-refractivity contribution is -0.141. The molecule has 1 aliphatic heterocycles. The number of nitrogens with zero attached hydrogens (tertiary/aromatic N) is 5. The first-order chi connectivity index (χ1) is 23.5. The Morgan fingerprint density at radius 3 is 2.32 bits per heavy atom. The topological polar surface area (TPSA) is 190 Å². The maximum absolute atomic E-state index is 13.7. The van der Waals surface area contributed by atoms with E-state index in [1.807, 2.05) is 0 Å². The van der Waals surface area contributed by atoms with Crippen molar-refractivity contribution < 1.29 is 46.2 Å². The summed E-state index contributed by atoms with van der Waals surface area (Å²) >= 11 is 6.38. The molecule has 6 N–H and O–H groups in total. The fourth-order valence-electron chi connectivity index (χ4n) is 6.45. The molecule has 4 amide bonds. The molecule has 3 aromatic rings. The van der Waals surface area contributed by atoms with Crippen LogP contribution in [0.1, 0.15) is 52.0 Å². The van der Waals surface area contributed by atoms with Crippen LogP contribution in [0.5, 0.6) is 0 Å². The summed E-state index contributed by atoms with van der Waals surface area (Å²) in [5.74, 6) is -4.33. The first kappa shape index (κ1) is 35.1. The zero-order valence-corrected chi connectivity index (χ0v) is 26.9. The third-order valence-corrected chi connectivity index (χ3v) is 9.65. The van der Waals surface area contributed by atoms with Crippen molar-refractivity contribution in [1.82, 2.24) is 34.9 Å². The zero-order valence-electron chi connectivity index (χ0n) is 26.1. The minimum atomic E-state index is -4.94. The number of hydrogen-bond donors (Lipinski definition) is 5. The fraction of sp³-hybridized carbons (Fsp3) is 0.467. The Bertz CT molecular complexity index is 1830. The van der Waals surface area contributed by atoms with Crippen molar-refractivity contribution >= 4 is 41.6 Å². The second-order valence-electron chi connectivity index (χ2n) is 12.7. The van der Waals surface area contributed by atoms with Crippen molar-refractivity contribution in [2.45, 2.75) is 55.5 Å². The maximum Gasteiger partial charge on any atom is 0.435 e. The molecule has 0 bridgehead atoms. The summed E-state index contributed by atoms with van der Waals surface area (Å²) in [6.07, 6.45) is -2.12. The monoisotopic (exact) mass is 727 g/mol. The standard InChI is InChI=1S/C29H29ClF5N9O3.CH2O2/c1-42-20(18-11-44(21-7-28(21,31)32)41-23(18)29(33,34)35)8-37-24(42)26(46)38-13-2-3-15(19(30)6-13)25(45)40-22-16-9-43(10-17(16)22)27(47)39-14-4-12(36)5-14;2-1-3/h2-3,6,8,11-12,14,16-17,21-22H,4-5,7,9-10,36H2,1H3,(H,38,46)(H,39,47)(H,40,45);1H,(H,2,3). The summed E-state index contributed by atoms with van der Waals surface area (Å²) in [6.45, 7) is 0.814. The van der Waals surface area contributed by atoms with Crippen LogP contribution in [-0.2, 0) is 18.0 Å². The number of aromatic nitrogens is 4. The molecule has 3 atom stereocenters. The van der Waals surface area contributed by atoms with Gasteiger partial charge in [-0.1, -0.05) is 11.6 Å². The third-order valence-electron chi connectivity index (χ3n) is 9.33. The van der Waals surface area contributed by atoms with Gasteiger partial charge >= 0.3 is 12.2 Å². The summed E-state index contributed by atoms with van der Waals surface area (Å²) in [6, 6.07) is 2.77. The molecule has 3 saturated carbocycles. The molecular weight excluding hydrogens is 697 g/mol. The van der Waals surface area contributed by atoms with Crippen molar-refractivity contribution in [3.05, 3.63) is 52.7 Å². The maximum atomic E-state index is 13.7. The van der Waals surface area contributed by atoms with Crippen LogP contribution in [0.15, 0.2) is 30.6 Å². The van der Waals surface area contributed by atoms with Crippen LogP contribution in [0.25, 0.3) is 11.3 Å². The molecule has 3 heterocycles. The number of amides is 4. The molecule has 3 aliphatic carbocycles. The zero-order chi connectivity index (χ0) is 36.3. The Hall–Kier alpha value is -4.78. The van der Waals surface area contributed by atoms with Gasteiger partial charge in [0.15, 0.2) is 11.5 Å². The van der Waals surface area contributed by atoms with E-state index in [1.54, 1.807) is 4.90 Å². The number of anilines is 1. The van der Waals surface area contributed by atoms with Gasteiger partial charge in [0, 0.05) is 68.4 Å². The number of nitrogens with two attached hydrogens (primary N) is 1. The smallest absolute Gasteiger partial charge is 0.435 e. The molecule has 50 heavy (non-hydrogen) atoms. The summed E-state index contributed by atoms with van der Waals surface area (Å²) in [4.78, 5) is 52.5. The molecule has 0 radical (unpaired) electrons. The lowest BCUT2D eigenvalue weighted by atomic mass is 9.88. The Morgan fingerprint density at radius 2 is 1.76 bits per heavy atom. The number of carboxylic acid groups (broad SMARTS) is 1. The van der Waals surface area contributed by atoms with Gasteiger partial charge in [-0.2, -0.15) is 18.3 Å². The van der Waals surface area contributed by atoms with E-state index < -0.39 is 47.6 Å². The number of imidazole rings is 1. The van der Waals surface area contributed by atoms with Crippen LogP contribution in [0.4, 0.5) is 32.4 Å². The second-order valence-corrected chi connectivity index (χ2v) is 13.1. The van der Waals surface area contributed by atoms with Crippen LogP contribution in [0.3, 0.4) is 0 Å². The van der Waals surface area contributed by atoms with Gasteiger partial charge < -0.3 is 36.3 Å². The van der Waals surface area contributed by atoms with Gasteiger partial charge in [0.05, 0.1) is 28.0 Å². The number of nitrogens with one attached hydrogen (secondary N) is 3. The molecule has 20 heteroatoms. The largest absolute Gasteiger partial charge is 0.483 e. The quantitative estimate of drug-likeness (QED) is 0.181. The van der Waals surface area contributed by atoms with Crippen LogP contribution >= 0.6 is 11.6 Å². The molecule has 0 spiro atoms. The van der Waals surface area contributed by atoms with Gasteiger partial charge in [-0.05, 0) is 31.0 Å². The molecule has 2 aromatic heterocycles. The molecule has 7 rings (SSSR count). The van der Waals surface area contributed by atoms with Crippen molar-refractivity contribution in [3.63, 3.8) is 0 Å². The highest BCUT2D eigenvalue weighted by molar-refractivity contribution is 6.34. The number of carbonyl (C=O) groups is 4. The van der Waals surface area contributed by atoms with Crippen LogP contribution < -0.4 is 21.7 Å². The molecular formula is C30H31ClF5N9O5. The SMILES string of the molecule is Cn1c(-c2cn(C3CC3(F)F)nc2C(F)(F)F)cnc1C(=O)Nc1ccc(C(=O)NC2C3CN(C(=O)NC4CC(N)C4)CC32)c(Cl)c1.O=CO. The number of likely N-dealkylation sites (tertiary alicyclic amines) is 1. The highest BCUT2D eigenvalue weighted by atomic mass is 35.5. The Kier molecular flexibility index (Phi) is 9.00. The Morgan fingerprint density at radius 1 is 1.12 bits per heavy atom. The highest BCUT2D eigenvalue weighted by Gasteiger charge is 2.60. The average Bonchev–Trinajstić information content (AvgIpc) is 3.52. The number of fused-ring (bicyclic) bond motifs is 1. The summed E-state index contributed by atoms with van der Waals surface area (Å²) < 4.78 is 70.0. The first-order valence-corrected chi connectivity index (χ1v) is 15.8. The number of hydrogen-bond acceptors (Lipinski definition) is 7. The van der Waals surface area contributed by atoms with Gasteiger partial charge in [-0.15, -0.1) is 0 Å². The number of rotatable bonds is 7. The van der Waals surface area contributed by atoms with Crippen molar-refractivity contribution in [2.75, 3.05) is 18.4 Å². The fourth-order valence-corrected chi connectivity index (χ4v) is 6.72. The normalized spacial score (nSPS) is 25.7. The van der Waals surface area contributed by atoms with Crippen LogP contribution in [0.2, 0.25) is 5.02 Å². The van der Waals surface area contributed by atoms with Crippen LogP contribution in [-0.4, -0.2) is 90.8 Å². The molecule has 4 fully saturated rings. The van der Waals surface area contributed by atoms with E-state index >= 15 is 0 Å². The van der Waals surface area contributed by atoms with Gasteiger partial charge in [0.2, 0.25) is 0 Å². The number of benzene rings is 1. The summed E-state index contributed by atoms with van der Waals surface area (Å²) in [5.41, 5.74) is 4.11. The molecule has 3 unspecified atom stereocenters. The highest BCUT2D eigenvalue weighted by Crippen LogP contribution is 2.53. The van der Waals surface area contributed by atoms with Gasteiger partial charge in [-0.3, -0.25) is 19.1 Å².